The van der Waals surface area contributed by atoms with Gasteiger partial charge in [-0.3, -0.25) is 0 Å². The van der Waals surface area contributed by atoms with Gasteiger partial charge < -0.3 is 9.47 Å². The maximum Gasteiger partial charge on any atom is 0.573 e. The molecule has 4 nitrogen and oxygen atoms in total. The number of benzene rings is 1. The van der Waals surface area contributed by atoms with Crippen molar-refractivity contribution in [2.24, 2.45) is 0 Å². The van der Waals surface area contributed by atoms with Gasteiger partial charge in [0.25, 0.3) is 0 Å². The molecule has 0 aliphatic carbocycles. The van der Waals surface area contributed by atoms with Crippen LogP contribution < -0.4 is 4.74 Å². The quantitative estimate of drug-likeness (QED) is 0.615. The predicted octanol–water partition coefficient (Wildman–Crippen LogP) is 3.53. The number of esters is 1. The number of carbonyl (C=O) groups is 1. The Morgan fingerprint density at radius 1 is 1.45 bits per heavy atom. The van der Waals surface area contributed by atoms with Crippen molar-refractivity contribution in [2.75, 3.05) is 6.61 Å². The first-order valence-corrected chi connectivity index (χ1v) is 6.51. The summed E-state index contributed by atoms with van der Waals surface area (Å²) in [6.45, 7) is 1.59. The summed E-state index contributed by atoms with van der Waals surface area (Å²) < 4.78 is 45.7. The molecular weight excluding hydrogens is 343 g/mol. The molecule has 0 amide bonds. The third kappa shape index (κ3) is 3.87. The van der Waals surface area contributed by atoms with Gasteiger partial charge in [-0.05, 0) is 13.0 Å². The Morgan fingerprint density at radius 3 is 2.55 bits per heavy atom. The topological polar surface area (TPSA) is 59.3 Å². The van der Waals surface area contributed by atoms with Crippen molar-refractivity contribution in [1.82, 2.24) is 0 Å². The van der Waals surface area contributed by atoms with Crippen LogP contribution in [0.4, 0.5) is 13.2 Å². The van der Waals surface area contributed by atoms with Gasteiger partial charge in [0.05, 0.1) is 12.2 Å². The van der Waals surface area contributed by atoms with E-state index >= 15 is 0 Å². The maximum atomic E-state index is 12.4. The van der Waals surface area contributed by atoms with Gasteiger partial charge in [0.15, 0.2) is 5.75 Å². The summed E-state index contributed by atoms with van der Waals surface area (Å²) in [5.41, 5.74) is -0.664. The van der Waals surface area contributed by atoms with E-state index in [1.165, 1.54) is 12.1 Å². The van der Waals surface area contributed by atoms with Gasteiger partial charge in [0.1, 0.15) is 11.6 Å². The van der Waals surface area contributed by atoms with E-state index in [1.807, 2.05) is 0 Å². The fourth-order valence-corrected chi connectivity index (χ4v) is 1.89. The van der Waals surface area contributed by atoms with Crippen LogP contribution in [0.2, 0.25) is 0 Å². The van der Waals surface area contributed by atoms with Crippen molar-refractivity contribution in [2.45, 2.75) is 18.6 Å². The lowest BCUT2D eigenvalue weighted by molar-refractivity contribution is -0.275. The van der Waals surface area contributed by atoms with Crippen LogP contribution in [0.1, 0.15) is 28.4 Å². The molecule has 108 valence electrons. The molecule has 1 rings (SSSR count). The molecule has 0 bridgehead atoms. The van der Waals surface area contributed by atoms with E-state index in [1.54, 1.807) is 13.0 Å². The van der Waals surface area contributed by atoms with E-state index in [0.29, 0.717) is 0 Å². The monoisotopic (exact) mass is 351 g/mol. The number of hydrogen-bond donors (Lipinski definition) is 0. The molecule has 0 aromatic heterocycles. The zero-order valence-electron chi connectivity index (χ0n) is 10.3. The summed E-state index contributed by atoms with van der Waals surface area (Å²) in [4.78, 5) is 11.6. The first-order chi connectivity index (χ1) is 9.34. The van der Waals surface area contributed by atoms with Crippen LogP contribution in [0, 0.1) is 11.3 Å². The normalized spacial score (nSPS) is 10.8. The van der Waals surface area contributed by atoms with Crippen molar-refractivity contribution in [3.8, 4) is 11.8 Å². The summed E-state index contributed by atoms with van der Waals surface area (Å²) >= 11 is 3.00. The molecule has 8 heteroatoms. The van der Waals surface area contributed by atoms with Gasteiger partial charge in [-0.15, -0.1) is 13.2 Å². The molecule has 0 unspecified atom stereocenters. The molecule has 0 saturated heterocycles. The van der Waals surface area contributed by atoms with Crippen molar-refractivity contribution >= 4 is 21.9 Å². The van der Waals surface area contributed by atoms with E-state index < -0.39 is 23.6 Å². The molecule has 1 aromatic carbocycles. The molecule has 0 radical (unpaired) electrons. The first kappa shape index (κ1) is 16.3. The lowest BCUT2D eigenvalue weighted by Gasteiger charge is -2.15. The van der Waals surface area contributed by atoms with Gasteiger partial charge in [-0.25, -0.2) is 4.79 Å². The SMILES string of the molecule is CCOC(=O)c1ccc(CBr)c(OC(F)(F)F)c1C#N. The van der Waals surface area contributed by atoms with Crippen LogP contribution in [0.5, 0.6) is 5.75 Å². The predicted molar refractivity (Wildman–Crippen MR) is 66.4 cm³/mol. The maximum absolute atomic E-state index is 12.4. The Hall–Kier alpha value is -1.75. The van der Waals surface area contributed by atoms with E-state index in [-0.39, 0.29) is 23.1 Å². The van der Waals surface area contributed by atoms with Crippen molar-refractivity contribution in [3.63, 3.8) is 0 Å². The van der Waals surface area contributed by atoms with Gasteiger partial charge in [0, 0.05) is 10.9 Å². The second-order valence-corrected chi connectivity index (χ2v) is 4.05. The van der Waals surface area contributed by atoms with Crippen LogP contribution in [-0.2, 0) is 10.1 Å². The van der Waals surface area contributed by atoms with E-state index in [9.17, 15) is 18.0 Å². The van der Waals surface area contributed by atoms with Gasteiger partial charge >= 0.3 is 12.3 Å². The number of hydrogen-bond acceptors (Lipinski definition) is 4. The van der Waals surface area contributed by atoms with Crippen LogP contribution in [-0.4, -0.2) is 18.9 Å². The number of rotatable bonds is 4. The Labute approximate surface area is 121 Å². The molecule has 0 aliphatic heterocycles. The average Bonchev–Trinajstić information content (AvgIpc) is 2.36. The number of carbonyl (C=O) groups excluding carboxylic acids is 1. The molecule has 0 N–H and O–H groups in total. The van der Waals surface area contributed by atoms with Gasteiger partial charge in [-0.1, -0.05) is 22.0 Å². The fourth-order valence-electron chi connectivity index (χ4n) is 1.45. The summed E-state index contributed by atoms with van der Waals surface area (Å²) in [6, 6.07) is 4.05. The molecule has 0 atom stereocenters. The van der Waals surface area contributed by atoms with Crippen LogP contribution in [0.3, 0.4) is 0 Å². The van der Waals surface area contributed by atoms with Crippen LogP contribution in [0.15, 0.2) is 12.1 Å². The van der Waals surface area contributed by atoms with E-state index in [0.717, 1.165) is 0 Å². The summed E-state index contributed by atoms with van der Waals surface area (Å²) in [7, 11) is 0. The van der Waals surface area contributed by atoms with Crippen molar-refractivity contribution in [1.29, 1.82) is 5.26 Å². The third-order valence-corrected chi connectivity index (χ3v) is 2.81. The highest BCUT2D eigenvalue weighted by Gasteiger charge is 2.34. The molecular formula is C12H9BrF3NO3. The molecule has 0 aliphatic rings. The molecule has 0 fully saturated rings. The summed E-state index contributed by atoms with van der Waals surface area (Å²) in [6.07, 6.45) is -4.96. The number of alkyl halides is 4. The lowest BCUT2D eigenvalue weighted by atomic mass is 10.0. The first-order valence-electron chi connectivity index (χ1n) is 5.38. The fraction of sp³-hybridized carbons (Fsp3) is 0.333. The van der Waals surface area contributed by atoms with Crippen LogP contribution in [0.25, 0.3) is 0 Å². The molecule has 0 saturated carbocycles. The Morgan fingerprint density at radius 2 is 2.10 bits per heavy atom. The van der Waals surface area contributed by atoms with Crippen molar-refractivity contribution in [3.05, 3.63) is 28.8 Å². The minimum Gasteiger partial charge on any atom is -0.462 e. The second kappa shape index (κ2) is 6.61. The van der Waals surface area contributed by atoms with Crippen molar-refractivity contribution < 1.29 is 27.4 Å². The molecule has 20 heavy (non-hydrogen) atoms. The lowest BCUT2D eigenvalue weighted by Crippen LogP contribution is -2.20. The van der Waals surface area contributed by atoms with Gasteiger partial charge in [0.2, 0.25) is 0 Å². The minimum atomic E-state index is -4.96. The second-order valence-electron chi connectivity index (χ2n) is 3.49. The zero-order valence-corrected chi connectivity index (χ0v) is 11.8. The highest BCUT2D eigenvalue weighted by molar-refractivity contribution is 9.08. The van der Waals surface area contributed by atoms with E-state index in [2.05, 4.69) is 20.7 Å². The summed E-state index contributed by atoms with van der Waals surface area (Å²) in [5.74, 6) is -1.57. The Balaban J connectivity index is 3.41. The largest absolute Gasteiger partial charge is 0.573 e. The molecule has 0 spiro atoms. The molecule has 1 aromatic rings. The highest BCUT2D eigenvalue weighted by atomic mass is 79.9. The zero-order chi connectivity index (χ0) is 15.3. The smallest absolute Gasteiger partial charge is 0.462 e. The number of nitrogens with zero attached hydrogens (tertiary/aromatic N) is 1. The highest BCUT2D eigenvalue weighted by Crippen LogP contribution is 2.33. The van der Waals surface area contributed by atoms with Gasteiger partial charge in [-0.2, -0.15) is 5.26 Å². The summed E-state index contributed by atoms with van der Waals surface area (Å²) in [5, 5.41) is 9.05. The average molecular weight is 352 g/mol. The third-order valence-electron chi connectivity index (χ3n) is 2.21. The Kier molecular flexibility index (Phi) is 5.39. The number of ether oxygens (including phenoxy) is 2. The standard InChI is InChI=1S/C12H9BrF3NO3/c1-2-19-11(18)8-4-3-7(5-13)10(9(8)6-17)20-12(14,15)16/h3-4H,2,5H2,1H3. The number of nitriles is 1. The number of halogens is 4. The van der Waals surface area contributed by atoms with Crippen LogP contribution >= 0.6 is 15.9 Å². The molecule has 0 heterocycles. The Bertz CT molecular complexity index is 552. The van der Waals surface area contributed by atoms with E-state index in [4.69, 9.17) is 10.00 Å². The minimum absolute atomic E-state index is 0.0379.